The Morgan fingerprint density at radius 1 is 1.18 bits per heavy atom. The molecule has 2 aromatic rings. The molecule has 17 heavy (non-hydrogen) atoms. The smallest absolute Gasteiger partial charge is 0.222 e. The minimum absolute atomic E-state index is 0.225. The molecule has 5 nitrogen and oxygen atoms in total. The summed E-state index contributed by atoms with van der Waals surface area (Å²) >= 11 is 0. The van der Waals surface area contributed by atoms with Gasteiger partial charge in [-0.2, -0.15) is 4.98 Å². The molecule has 0 saturated heterocycles. The molecule has 0 aliphatic heterocycles. The van der Waals surface area contributed by atoms with Crippen molar-refractivity contribution in [1.29, 1.82) is 0 Å². The minimum Gasteiger partial charge on any atom is -0.383 e. The van der Waals surface area contributed by atoms with E-state index in [1.54, 1.807) is 6.20 Å². The van der Waals surface area contributed by atoms with Crippen molar-refractivity contribution in [3.05, 3.63) is 17.8 Å². The molecule has 0 aliphatic rings. The summed E-state index contributed by atoms with van der Waals surface area (Å²) in [5.41, 5.74) is 13.0. The van der Waals surface area contributed by atoms with E-state index in [0.29, 0.717) is 11.5 Å². The maximum Gasteiger partial charge on any atom is 0.222 e. The Kier molecular flexibility index (Phi) is 3.37. The van der Waals surface area contributed by atoms with Gasteiger partial charge in [0.1, 0.15) is 5.82 Å². The van der Waals surface area contributed by atoms with Crippen LogP contribution in [0.5, 0.6) is 0 Å². The number of nitrogens with two attached hydrogens (primary N) is 2. The predicted molar refractivity (Wildman–Crippen MR) is 69.4 cm³/mol. The summed E-state index contributed by atoms with van der Waals surface area (Å²) in [6.07, 6.45) is 6.17. The number of nitrogens with zero attached hydrogens (tertiary/aromatic N) is 3. The topological polar surface area (TPSA) is 90.7 Å². The highest BCUT2D eigenvalue weighted by molar-refractivity contribution is 5.77. The number of nitrogen functional groups attached to an aromatic ring is 2. The fourth-order valence-corrected chi connectivity index (χ4v) is 1.80. The SMILES string of the molecule is CCCCCc1cc2cnc(N)nc2nc1N. The fourth-order valence-electron chi connectivity index (χ4n) is 1.80. The first-order valence-corrected chi connectivity index (χ1v) is 5.88. The van der Waals surface area contributed by atoms with Gasteiger partial charge < -0.3 is 11.5 Å². The molecule has 0 spiro atoms. The highest BCUT2D eigenvalue weighted by Gasteiger charge is 2.05. The summed E-state index contributed by atoms with van der Waals surface area (Å²) < 4.78 is 0. The van der Waals surface area contributed by atoms with E-state index in [1.165, 1.54) is 12.8 Å². The minimum atomic E-state index is 0.225. The van der Waals surface area contributed by atoms with E-state index in [4.69, 9.17) is 11.5 Å². The molecule has 0 atom stereocenters. The third-order valence-electron chi connectivity index (χ3n) is 2.75. The number of rotatable bonds is 4. The maximum atomic E-state index is 5.91. The van der Waals surface area contributed by atoms with Crippen LogP contribution in [0.25, 0.3) is 11.0 Å². The van der Waals surface area contributed by atoms with Crippen LogP contribution in [-0.2, 0) is 6.42 Å². The van der Waals surface area contributed by atoms with Crippen molar-refractivity contribution in [2.24, 2.45) is 0 Å². The average molecular weight is 231 g/mol. The zero-order chi connectivity index (χ0) is 12.3. The van der Waals surface area contributed by atoms with Crippen LogP contribution in [0.1, 0.15) is 31.7 Å². The highest BCUT2D eigenvalue weighted by Crippen LogP contribution is 2.19. The molecule has 4 N–H and O–H groups in total. The number of pyridine rings is 1. The normalized spacial score (nSPS) is 10.9. The number of fused-ring (bicyclic) bond motifs is 1. The summed E-state index contributed by atoms with van der Waals surface area (Å²) in [5, 5.41) is 0.889. The van der Waals surface area contributed by atoms with Crippen LogP contribution < -0.4 is 11.5 Å². The third-order valence-corrected chi connectivity index (χ3v) is 2.75. The lowest BCUT2D eigenvalue weighted by molar-refractivity contribution is 0.717. The maximum absolute atomic E-state index is 5.91. The molecule has 0 radical (unpaired) electrons. The molecule has 0 aromatic carbocycles. The van der Waals surface area contributed by atoms with Gasteiger partial charge in [0.15, 0.2) is 5.65 Å². The van der Waals surface area contributed by atoms with Gasteiger partial charge in [0, 0.05) is 11.6 Å². The summed E-state index contributed by atoms with van der Waals surface area (Å²) in [6.45, 7) is 2.18. The van der Waals surface area contributed by atoms with Crippen LogP contribution in [0.15, 0.2) is 12.3 Å². The molecule has 0 bridgehead atoms. The van der Waals surface area contributed by atoms with Crippen molar-refractivity contribution in [1.82, 2.24) is 15.0 Å². The van der Waals surface area contributed by atoms with Gasteiger partial charge in [-0.3, -0.25) is 0 Å². The van der Waals surface area contributed by atoms with Crippen LogP contribution in [0, 0.1) is 0 Å². The van der Waals surface area contributed by atoms with Gasteiger partial charge in [-0.25, -0.2) is 9.97 Å². The van der Waals surface area contributed by atoms with E-state index in [0.717, 1.165) is 23.8 Å². The van der Waals surface area contributed by atoms with Crippen molar-refractivity contribution in [3.63, 3.8) is 0 Å². The van der Waals surface area contributed by atoms with Gasteiger partial charge in [-0.1, -0.05) is 19.8 Å². The van der Waals surface area contributed by atoms with Gasteiger partial charge in [0.25, 0.3) is 0 Å². The monoisotopic (exact) mass is 231 g/mol. The molecule has 90 valence electrons. The van der Waals surface area contributed by atoms with E-state index >= 15 is 0 Å². The van der Waals surface area contributed by atoms with E-state index in [-0.39, 0.29) is 5.95 Å². The zero-order valence-electron chi connectivity index (χ0n) is 9.98. The van der Waals surface area contributed by atoms with Crippen LogP contribution in [0.2, 0.25) is 0 Å². The molecule has 2 rings (SSSR count). The molecule has 0 amide bonds. The standard InChI is InChI=1S/C12H17N5/c1-2-3-4-5-8-6-9-7-15-12(14)17-11(9)16-10(8)13/h6-7H,2-5H2,1H3,(H4,13,14,15,16,17). The number of aryl methyl sites for hydroxylation is 1. The molecule has 0 fully saturated rings. The number of unbranched alkanes of at least 4 members (excludes halogenated alkanes) is 2. The van der Waals surface area contributed by atoms with Gasteiger partial charge in [-0.15, -0.1) is 0 Å². The molecule has 2 aromatic heterocycles. The van der Waals surface area contributed by atoms with Crippen molar-refractivity contribution in [2.45, 2.75) is 32.6 Å². The molecule has 0 unspecified atom stereocenters. The van der Waals surface area contributed by atoms with Crippen LogP contribution in [-0.4, -0.2) is 15.0 Å². The number of anilines is 2. The lowest BCUT2D eigenvalue weighted by atomic mass is 10.1. The second kappa shape index (κ2) is 4.95. The van der Waals surface area contributed by atoms with Gasteiger partial charge >= 0.3 is 0 Å². The van der Waals surface area contributed by atoms with E-state index in [9.17, 15) is 0 Å². The van der Waals surface area contributed by atoms with Gasteiger partial charge in [0.2, 0.25) is 5.95 Å². The Balaban J connectivity index is 2.31. The number of hydrogen-bond donors (Lipinski definition) is 2. The quantitative estimate of drug-likeness (QED) is 0.784. The lowest BCUT2D eigenvalue weighted by Crippen LogP contribution is -2.02. The largest absolute Gasteiger partial charge is 0.383 e. The third kappa shape index (κ3) is 2.61. The molecule has 2 heterocycles. The Labute approximate surface area is 100 Å². The Hall–Kier alpha value is -1.91. The second-order valence-electron chi connectivity index (χ2n) is 4.13. The highest BCUT2D eigenvalue weighted by atomic mass is 15.0. The summed E-state index contributed by atoms with van der Waals surface area (Å²) in [7, 11) is 0. The van der Waals surface area contributed by atoms with Gasteiger partial charge in [-0.05, 0) is 24.5 Å². The van der Waals surface area contributed by atoms with Crippen LogP contribution in [0.3, 0.4) is 0 Å². The second-order valence-corrected chi connectivity index (χ2v) is 4.13. The van der Waals surface area contributed by atoms with Crippen LogP contribution in [0.4, 0.5) is 11.8 Å². The van der Waals surface area contributed by atoms with Crippen molar-refractivity contribution in [2.75, 3.05) is 11.5 Å². The molecular formula is C12H17N5. The molecule has 0 saturated carbocycles. The lowest BCUT2D eigenvalue weighted by Gasteiger charge is -2.06. The first-order chi connectivity index (χ1) is 8.20. The molecule has 0 aliphatic carbocycles. The number of hydrogen-bond acceptors (Lipinski definition) is 5. The fraction of sp³-hybridized carbons (Fsp3) is 0.417. The molecular weight excluding hydrogens is 214 g/mol. The Morgan fingerprint density at radius 2 is 2.00 bits per heavy atom. The predicted octanol–water partition coefficient (Wildman–Crippen LogP) is 1.92. The summed E-state index contributed by atoms with van der Waals surface area (Å²) in [4.78, 5) is 12.3. The first kappa shape index (κ1) is 11.6. The molecule has 5 heteroatoms. The van der Waals surface area contributed by atoms with Crippen molar-refractivity contribution >= 4 is 22.8 Å². The van der Waals surface area contributed by atoms with E-state index in [1.807, 2.05) is 6.07 Å². The summed E-state index contributed by atoms with van der Waals surface area (Å²) in [5.74, 6) is 0.773. The average Bonchev–Trinajstić information content (AvgIpc) is 2.30. The number of aromatic nitrogens is 3. The van der Waals surface area contributed by atoms with E-state index in [2.05, 4.69) is 21.9 Å². The van der Waals surface area contributed by atoms with Crippen LogP contribution >= 0.6 is 0 Å². The van der Waals surface area contributed by atoms with E-state index < -0.39 is 0 Å². The summed E-state index contributed by atoms with van der Waals surface area (Å²) in [6, 6.07) is 2.01. The Bertz CT molecular complexity index is 524. The zero-order valence-corrected chi connectivity index (χ0v) is 9.98. The van der Waals surface area contributed by atoms with Gasteiger partial charge in [0.05, 0.1) is 0 Å². The van der Waals surface area contributed by atoms with Crippen molar-refractivity contribution in [3.8, 4) is 0 Å². The Morgan fingerprint density at radius 3 is 2.76 bits per heavy atom. The van der Waals surface area contributed by atoms with Crippen molar-refractivity contribution < 1.29 is 0 Å². The first-order valence-electron chi connectivity index (χ1n) is 5.88.